The third-order valence-electron chi connectivity index (χ3n) is 3.26. The van der Waals surface area contributed by atoms with Gasteiger partial charge in [-0.3, -0.25) is 4.79 Å². The molecule has 1 aromatic heterocycles. The minimum absolute atomic E-state index is 0.207. The number of carbonyl (C=O) groups excluding carboxylic acids is 1. The van der Waals surface area contributed by atoms with Crippen LogP contribution in [0.1, 0.15) is 31.6 Å². The molecule has 3 nitrogen and oxygen atoms in total. The Balaban J connectivity index is 1.81. The van der Waals surface area contributed by atoms with Gasteiger partial charge in [0.2, 0.25) is 5.91 Å². The number of hydrogen-bond acceptors (Lipinski definition) is 3. The van der Waals surface area contributed by atoms with Gasteiger partial charge in [-0.2, -0.15) is 0 Å². The van der Waals surface area contributed by atoms with E-state index in [2.05, 4.69) is 30.6 Å². The predicted molar refractivity (Wildman–Crippen MR) is 75.6 cm³/mol. The molecule has 0 unspecified atom stereocenters. The van der Waals surface area contributed by atoms with Gasteiger partial charge in [0.05, 0.1) is 13.1 Å². The maximum absolute atomic E-state index is 12.2. The van der Waals surface area contributed by atoms with Gasteiger partial charge in [-0.05, 0) is 50.6 Å². The molecule has 100 valence electrons. The lowest BCUT2D eigenvalue weighted by Crippen LogP contribution is -2.42. The molecule has 1 aliphatic carbocycles. The number of thiophene rings is 1. The van der Waals surface area contributed by atoms with Crippen molar-refractivity contribution in [2.45, 2.75) is 39.3 Å². The van der Waals surface area contributed by atoms with E-state index in [1.54, 1.807) is 11.3 Å². The molecule has 0 spiro atoms. The first-order chi connectivity index (χ1) is 8.66. The Morgan fingerprint density at radius 3 is 2.89 bits per heavy atom. The number of rotatable bonds is 7. The fraction of sp³-hybridized carbons (Fsp3) is 0.643. The SMILES string of the molecule is CC(C)N(Cc1cccs1)C(=O)CNCC1CC1. The van der Waals surface area contributed by atoms with Crippen molar-refractivity contribution < 1.29 is 4.79 Å². The molecule has 1 heterocycles. The van der Waals surface area contributed by atoms with Gasteiger partial charge in [-0.1, -0.05) is 6.07 Å². The van der Waals surface area contributed by atoms with Crippen LogP contribution in [0.3, 0.4) is 0 Å². The highest BCUT2D eigenvalue weighted by Gasteiger charge is 2.22. The highest BCUT2D eigenvalue weighted by molar-refractivity contribution is 7.09. The van der Waals surface area contributed by atoms with Crippen LogP contribution in [0.4, 0.5) is 0 Å². The summed E-state index contributed by atoms with van der Waals surface area (Å²) in [7, 11) is 0. The summed E-state index contributed by atoms with van der Waals surface area (Å²) in [5.74, 6) is 1.03. The van der Waals surface area contributed by atoms with Crippen molar-refractivity contribution in [1.29, 1.82) is 0 Å². The van der Waals surface area contributed by atoms with E-state index in [0.717, 1.165) is 19.0 Å². The molecule has 0 aliphatic heterocycles. The zero-order valence-electron chi connectivity index (χ0n) is 11.2. The highest BCUT2D eigenvalue weighted by atomic mass is 32.1. The monoisotopic (exact) mass is 266 g/mol. The molecular weight excluding hydrogens is 244 g/mol. The van der Waals surface area contributed by atoms with Gasteiger partial charge in [-0.25, -0.2) is 0 Å². The van der Waals surface area contributed by atoms with Crippen LogP contribution < -0.4 is 5.32 Å². The van der Waals surface area contributed by atoms with Gasteiger partial charge < -0.3 is 10.2 Å². The average Bonchev–Trinajstić information content (AvgIpc) is 3.00. The van der Waals surface area contributed by atoms with Crippen molar-refractivity contribution in [3.8, 4) is 0 Å². The first kappa shape index (κ1) is 13.6. The van der Waals surface area contributed by atoms with E-state index in [4.69, 9.17) is 0 Å². The number of amides is 1. The lowest BCUT2D eigenvalue weighted by Gasteiger charge is -2.26. The second-order valence-corrected chi connectivity index (χ2v) is 6.30. The Bertz CT molecular complexity index is 371. The smallest absolute Gasteiger partial charge is 0.237 e. The first-order valence-electron chi connectivity index (χ1n) is 6.69. The van der Waals surface area contributed by atoms with Gasteiger partial charge in [0, 0.05) is 10.9 Å². The molecule has 18 heavy (non-hydrogen) atoms. The maximum atomic E-state index is 12.2. The summed E-state index contributed by atoms with van der Waals surface area (Å²) in [6.45, 7) is 6.36. The van der Waals surface area contributed by atoms with Crippen LogP contribution in [0.15, 0.2) is 17.5 Å². The van der Waals surface area contributed by atoms with E-state index in [-0.39, 0.29) is 11.9 Å². The maximum Gasteiger partial charge on any atom is 0.237 e. The molecule has 0 radical (unpaired) electrons. The summed E-state index contributed by atoms with van der Waals surface area (Å²) in [5, 5.41) is 5.33. The summed E-state index contributed by atoms with van der Waals surface area (Å²) in [6.07, 6.45) is 2.65. The fourth-order valence-electron chi connectivity index (χ4n) is 1.94. The molecule has 2 rings (SSSR count). The second-order valence-electron chi connectivity index (χ2n) is 5.27. The van der Waals surface area contributed by atoms with Gasteiger partial charge >= 0.3 is 0 Å². The number of nitrogens with one attached hydrogen (secondary N) is 1. The van der Waals surface area contributed by atoms with Crippen LogP contribution in [0.5, 0.6) is 0 Å². The summed E-state index contributed by atoms with van der Waals surface area (Å²) in [4.78, 5) is 15.4. The third-order valence-corrected chi connectivity index (χ3v) is 4.12. The van der Waals surface area contributed by atoms with Crippen molar-refractivity contribution in [3.63, 3.8) is 0 Å². The van der Waals surface area contributed by atoms with Crippen molar-refractivity contribution in [2.24, 2.45) is 5.92 Å². The molecule has 1 aliphatic rings. The average molecular weight is 266 g/mol. The van der Waals surface area contributed by atoms with Crippen LogP contribution in [0, 0.1) is 5.92 Å². The Morgan fingerprint density at radius 1 is 1.56 bits per heavy atom. The zero-order chi connectivity index (χ0) is 13.0. The van der Waals surface area contributed by atoms with Gasteiger partial charge in [0.15, 0.2) is 0 Å². The summed E-state index contributed by atoms with van der Waals surface area (Å²) >= 11 is 1.71. The molecule has 0 aromatic carbocycles. The Morgan fingerprint density at radius 2 is 2.33 bits per heavy atom. The van der Waals surface area contributed by atoms with E-state index < -0.39 is 0 Å². The van der Waals surface area contributed by atoms with Crippen molar-refractivity contribution in [3.05, 3.63) is 22.4 Å². The Kier molecular flexibility index (Phi) is 4.78. The summed E-state index contributed by atoms with van der Waals surface area (Å²) < 4.78 is 0. The lowest BCUT2D eigenvalue weighted by molar-refractivity contribution is -0.132. The molecular formula is C14H22N2OS. The molecule has 0 atom stereocenters. The van der Waals surface area contributed by atoms with E-state index in [1.807, 2.05) is 11.0 Å². The molecule has 1 fully saturated rings. The lowest BCUT2D eigenvalue weighted by atomic mass is 10.3. The largest absolute Gasteiger partial charge is 0.334 e. The standard InChI is InChI=1S/C14H22N2OS/c1-11(2)16(10-13-4-3-7-18-13)14(17)9-15-8-12-5-6-12/h3-4,7,11-12,15H,5-6,8-10H2,1-2H3. The van der Waals surface area contributed by atoms with E-state index in [1.165, 1.54) is 17.7 Å². The molecule has 4 heteroatoms. The van der Waals surface area contributed by atoms with Crippen LogP contribution in [-0.2, 0) is 11.3 Å². The minimum atomic E-state index is 0.207. The van der Waals surface area contributed by atoms with Crippen LogP contribution in [0.25, 0.3) is 0 Å². The zero-order valence-corrected chi connectivity index (χ0v) is 12.0. The minimum Gasteiger partial charge on any atom is -0.334 e. The summed E-state index contributed by atoms with van der Waals surface area (Å²) in [6, 6.07) is 4.38. The van der Waals surface area contributed by atoms with Crippen molar-refractivity contribution >= 4 is 17.2 Å². The highest BCUT2D eigenvalue weighted by Crippen LogP contribution is 2.27. The number of hydrogen-bond donors (Lipinski definition) is 1. The molecule has 1 amide bonds. The van der Waals surface area contributed by atoms with Gasteiger partial charge in [0.25, 0.3) is 0 Å². The predicted octanol–water partition coefficient (Wildman–Crippen LogP) is 2.48. The Labute approximate surface area is 113 Å². The second kappa shape index (κ2) is 6.34. The van der Waals surface area contributed by atoms with Gasteiger partial charge in [0.1, 0.15) is 0 Å². The molecule has 0 bridgehead atoms. The number of nitrogens with zero attached hydrogens (tertiary/aromatic N) is 1. The first-order valence-corrected chi connectivity index (χ1v) is 7.57. The summed E-state index contributed by atoms with van der Waals surface area (Å²) in [5.41, 5.74) is 0. The van der Waals surface area contributed by atoms with E-state index in [9.17, 15) is 4.79 Å². The Hall–Kier alpha value is -0.870. The van der Waals surface area contributed by atoms with Crippen molar-refractivity contribution in [2.75, 3.05) is 13.1 Å². The topological polar surface area (TPSA) is 32.3 Å². The van der Waals surface area contributed by atoms with Gasteiger partial charge in [-0.15, -0.1) is 11.3 Å². The van der Waals surface area contributed by atoms with Crippen LogP contribution in [-0.4, -0.2) is 29.9 Å². The molecule has 1 aromatic rings. The van der Waals surface area contributed by atoms with Crippen molar-refractivity contribution in [1.82, 2.24) is 10.2 Å². The quantitative estimate of drug-likeness (QED) is 0.822. The molecule has 0 saturated heterocycles. The third kappa shape index (κ3) is 4.10. The van der Waals surface area contributed by atoms with Crippen LogP contribution >= 0.6 is 11.3 Å². The fourth-order valence-corrected chi connectivity index (χ4v) is 2.64. The molecule has 1 saturated carbocycles. The van der Waals surface area contributed by atoms with E-state index in [0.29, 0.717) is 6.54 Å². The molecule has 1 N–H and O–H groups in total. The number of carbonyl (C=O) groups is 1. The van der Waals surface area contributed by atoms with Crippen LogP contribution in [0.2, 0.25) is 0 Å². The normalized spacial score (nSPS) is 15.1. The van der Waals surface area contributed by atoms with E-state index >= 15 is 0 Å².